The summed E-state index contributed by atoms with van der Waals surface area (Å²) in [6.45, 7) is 3.58. The largest absolute Gasteiger partial charge is 0.388 e. The van der Waals surface area contributed by atoms with Gasteiger partial charge >= 0.3 is 0 Å². The molecule has 2 heteroatoms. The molecule has 0 aliphatic heterocycles. The van der Waals surface area contributed by atoms with Crippen molar-refractivity contribution in [2.24, 2.45) is 29.6 Å². The van der Waals surface area contributed by atoms with Gasteiger partial charge < -0.3 is 5.11 Å². The van der Waals surface area contributed by atoms with E-state index < -0.39 is 0 Å². The number of rotatable bonds is 2. The smallest absolute Gasteiger partial charge is 0.129 e. The Labute approximate surface area is 113 Å². The highest BCUT2D eigenvalue weighted by Gasteiger charge is 2.66. The van der Waals surface area contributed by atoms with Crippen LogP contribution in [0.4, 0.5) is 4.39 Å². The SMILES string of the molecule is Cc1cc(C(O)C2C3C4CCC(C4)C32)cc(C)c1F. The lowest BCUT2D eigenvalue weighted by Crippen LogP contribution is -2.09. The van der Waals surface area contributed by atoms with Crippen LogP contribution < -0.4 is 0 Å². The number of aliphatic hydroxyl groups excluding tert-OH is 1. The van der Waals surface area contributed by atoms with E-state index in [0.717, 1.165) is 29.2 Å². The molecule has 1 aromatic carbocycles. The Balaban J connectivity index is 1.61. The van der Waals surface area contributed by atoms with E-state index in [1.165, 1.54) is 19.3 Å². The van der Waals surface area contributed by atoms with E-state index in [2.05, 4.69) is 0 Å². The van der Waals surface area contributed by atoms with E-state index in [1.54, 1.807) is 13.8 Å². The average molecular weight is 260 g/mol. The maximum Gasteiger partial charge on any atom is 0.129 e. The molecule has 0 radical (unpaired) electrons. The second-order valence-electron chi connectivity index (χ2n) is 6.98. The van der Waals surface area contributed by atoms with Gasteiger partial charge in [-0.3, -0.25) is 0 Å². The van der Waals surface area contributed by atoms with Gasteiger partial charge in [-0.15, -0.1) is 0 Å². The van der Waals surface area contributed by atoms with Gasteiger partial charge in [-0.05, 0) is 79.4 Å². The molecule has 4 rings (SSSR count). The van der Waals surface area contributed by atoms with Crippen molar-refractivity contribution in [3.63, 3.8) is 0 Å². The van der Waals surface area contributed by atoms with Gasteiger partial charge in [0, 0.05) is 0 Å². The lowest BCUT2D eigenvalue weighted by Gasteiger charge is -2.17. The summed E-state index contributed by atoms with van der Waals surface area (Å²) < 4.78 is 13.7. The van der Waals surface area contributed by atoms with Gasteiger partial charge in [-0.25, -0.2) is 4.39 Å². The summed E-state index contributed by atoms with van der Waals surface area (Å²) in [6, 6.07) is 3.67. The summed E-state index contributed by atoms with van der Waals surface area (Å²) in [5, 5.41) is 10.6. The first-order valence-electron chi connectivity index (χ1n) is 7.52. The zero-order valence-electron chi connectivity index (χ0n) is 11.6. The number of benzene rings is 1. The van der Waals surface area contributed by atoms with Gasteiger partial charge in [-0.2, -0.15) is 0 Å². The van der Waals surface area contributed by atoms with E-state index in [1.807, 2.05) is 12.1 Å². The second kappa shape index (κ2) is 3.82. The van der Waals surface area contributed by atoms with Crippen LogP contribution >= 0.6 is 0 Å². The normalized spacial score (nSPS) is 40.3. The number of hydrogen-bond donors (Lipinski definition) is 1. The fraction of sp³-hybridized carbons (Fsp3) is 0.647. The van der Waals surface area contributed by atoms with Crippen LogP contribution in [0.3, 0.4) is 0 Å². The minimum atomic E-state index is -0.378. The van der Waals surface area contributed by atoms with Crippen LogP contribution in [-0.2, 0) is 0 Å². The second-order valence-corrected chi connectivity index (χ2v) is 6.98. The lowest BCUT2D eigenvalue weighted by molar-refractivity contribution is 0.130. The van der Waals surface area contributed by atoms with E-state index >= 15 is 0 Å². The van der Waals surface area contributed by atoms with Crippen LogP contribution in [0.5, 0.6) is 0 Å². The predicted molar refractivity (Wildman–Crippen MR) is 72.1 cm³/mol. The molecule has 1 nitrogen and oxygen atoms in total. The summed E-state index contributed by atoms with van der Waals surface area (Å²) in [7, 11) is 0. The zero-order valence-corrected chi connectivity index (χ0v) is 11.6. The molecule has 3 aliphatic carbocycles. The van der Waals surface area contributed by atoms with Gasteiger partial charge in [0.05, 0.1) is 6.10 Å². The molecular formula is C17H21FO. The van der Waals surface area contributed by atoms with Crippen molar-refractivity contribution in [3.8, 4) is 0 Å². The monoisotopic (exact) mass is 260 g/mol. The standard InChI is InChI=1S/C17H21FO/c1-8-5-12(6-9(2)16(8)18)17(19)15-13-10-3-4-11(7-10)14(13)15/h5-6,10-11,13-15,17,19H,3-4,7H2,1-2H3. The number of halogens is 1. The van der Waals surface area contributed by atoms with Crippen LogP contribution in [-0.4, -0.2) is 5.11 Å². The Hall–Kier alpha value is -0.890. The minimum Gasteiger partial charge on any atom is -0.388 e. The third-order valence-corrected chi connectivity index (χ3v) is 5.96. The topological polar surface area (TPSA) is 20.2 Å². The highest BCUT2D eigenvalue weighted by molar-refractivity contribution is 5.33. The summed E-state index contributed by atoms with van der Waals surface area (Å²) in [5.74, 6) is 3.59. The van der Waals surface area contributed by atoms with E-state index in [4.69, 9.17) is 0 Å². The number of fused-ring (bicyclic) bond motifs is 5. The third-order valence-electron chi connectivity index (χ3n) is 5.96. The number of aryl methyl sites for hydroxylation is 2. The highest BCUT2D eigenvalue weighted by atomic mass is 19.1. The summed E-state index contributed by atoms with van der Waals surface area (Å²) >= 11 is 0. The van der Waals surface area contributed by atoms with E-state index in [9.17, 15) is 9.50 Å². The molecule has 0 heterocycles. The van der Waals surface area contributed by atoms with Crippen molar-refractivity contribution in [3.05, 3.63) is 34.6 Å². The van der Waals surface area contributed by atoms with Crippen LogP contribution in [0.1, 0.15) is 42.1 Å². The van der Waals surface area contributed by atoms with Crippen molar-refractivity contribution in [2.45, 2.75) is 39.2 Å². The molecule has 3 fully saturated rings. The molecule has 0 aromatic heterocycles. The highest BCUT2D eigenvalue weighted by Crippen LogP contribution is 2.72. The summed E-state index contributed by atoms with van der Waals surface area (Å²) in [4.78, 5) is 0. The van der Waals surface area contributed by atoms with Crippen LogP contribution in [0.15, 0.2) is 12.1 Å². The molecular weight excluding hydrogens is 239 g/mol. The Morgan fingerprint density at radius 2 is 1.63 bits per heavy atom. The summed E-state index contributed by atoms with van der Waals surface area (Å²) in [5.41, 5.74) is 2.24. The molecule has 3 aliphatic rings. The number of aliphatic hydroxyl groups is 1. The molecule has 1 aromatic rings. The molecule has 1 N–H and O–H groups in total. The van der Waals surface area contributed by atoms with Crippen molar-refractivity contribution >= 4 is 0 Å². The van der Waals surface area contributed by atoms with Crippen molar-refractivity contribution < 1.29 is 9.50 Å². The zero-order chi connectivity index (χ0) is 13.3. The predicted octanol–water partition coefficient (Wildman–Crippen LogP) is 3.77. The fourth-order valence-corrected chi connectivity index (χ4v) is 5.19. The summed E-state index contributed by atoms with van der Waals surface area (Å²) in [6.07, 6.45) is 3.77. The third kappa shape index (κ3) is 1.56. The van der Waals surface area contributed by atoms with Crippen molar-refractivity contribution in [1.82, 2.24) is 0 Å². The molecule has 5 atom stereocenters. The molecule has 19 heavy (non-hydrogen) atoms. The first kappa shape index (κ1) is 11.9. The first-order valence-corrected chi connectivity index (χ1v) is 7.52. The quantitative estimate of drug-likeness (QED) is 0.858. The van der Waals surface area contributed by atoms with Crippen LogP contribution in [0, 0.1) is 49.3 Å². The molecule has 5 unspecified atom stereocenters. The molecule has 3 saturated carbocycles. The molecule has 0 amide bonds. The number of hydrogen-bond acceptors (Lipinski definition) is 1. The van der Waals surface area contributed by atoms with Gasteiger partial charge in [-0.1, -0.05) is 12.1 Å². The Morgan fingerprint density at radius 1 is 1.11 bits per heavy atom. The Morgan fingerprint density at radius 3 is 2.16 bits per heavy atom. The molecule has 102 valence electrons. The Kier molecular flexibility index (Phi) is 2.39. The van der Waals surface area contributed by atoms with E-state index in [-0.39, 0.29) is 11.9 Å². The van der Waals surface area contributed by atoms with Gasteiger partial charge in [0.2, 0.25) is 0 Å². The van der Waals surface area contributed by atoms with Crippen molar-refractivity contribution in [1.29, 1.82) is 0 Å². The lowest BCUT2D eigenvalue weighted by atomic mass is 9.93. The van der Waals surface area contributed by atoms with Gasteiger partial charge in [0.1, 0.15) is 5.82 Å². The van der Waals surface area contributed by atoms with E-state index in [0.29, 0.717) is 17.0 Å². The van der Waals surface area contributed by atoms with Crippen molar-refractivity contribution in [2.75, 3.05) is 0 Å². The molecule has 0 spiro atoms. The first-order chi connectivity index (χ1) is 9.08. The van der Waals surface area contributed by atoms with Gasteiger partial charge in [0.25, 0.3) is 0 Å². The fourth-order valence-electron chi connectivity index (χ4n) is 5.19. The molecule has 2 bridgehead atoms. The maximum absolute atomic E-state index is 13.7. The minimum absolute atomic E-state index is 0.132. The average Bonchev–Trinajstić information content (AvgIpc) is 2.82. The van der Waals surface area contributed by atoms with Crippen LogP contribution in [0.25, 0.3) is 0 Å². The maximum atomic E-state index is 13.7. The van der Waals surface area contributed by atoms with Gasteiger partial charge in [0.15, 0.2) is 0 Å². The molecule has 0 saturated heterocycles. The van der Waals surface area contributed by atoms with Crippen LogP contribution in [0.2, 0.25) is 0 Å². The Bertz CT molecular complexity index is 499.